The van der Waals surface area contributed by atoms with E-state index < -0.39 is 0 Å². The van der Waals surface area contributed by atoms with Crippen molar-refractivity contribution < 1.29 is 9.59 Å². The van der Waals surface area contributed by atoms with Crippen LogP contribution in [-0.2, 0) is 9.59 Å². The standard InChI is InChI=1S/C11H20N2O.C3H7NO/c1-12-7-3-5-9(12)11(14)10-6-4-8-13(10)2;1-4(2)3-5/h9-10H,3-8H2,1-2H3;3H,1-2H3. The zero-order valence-electron chi connectivity index (χ0n) is 12.6. The van der Waals surface area contributed by atoms with Crippen LogP contribution in [0.3, 0.4) is 0 Å². The number of nitrogens with zero attached hydrogens (tertiary/aromatic N) is 3. The second kappa shape index (κ2) is 7.60. The van der Waals surface area contributed by atoms with Gasteiger partial charge in [-0.2, -0.15) is 0 Å². The number of hydrogen-bond acceptors (Lipinski definition) is 4. The van der Waals surface area contributed by atoms with E-state index in [0.29, 0.717) is 5.78 Å². The molecule has 2 unspecified atom stereocenters. The Balaban J connectivity index is 0.000000312. The van der Waals surface area contributed by atoms with Crippen molar-refractivity contribution in [2.75, 3.05) is 41.3 Å². The topological polar surface area (TPSA) is 43.9 Å². The number of carbonyl (C=O) groups is 2. The first-order valence-corrected chi connectivity index (χ1v) is 7.03. The molecule has 2 aliphatic heterocycles. The van der Waals surface area contributed by atoms with Gasteiger partial charge in [-0.1, -0.05) is 0 Å². The van der Waals surface area contributed by atoms with Gasteiger partial charge in [-0.15, -0.1) is 0 Å². The Morgan fingerprint density at radius 2 is 1.42 bits per heavy atom. The van der Waals surface area contributed by atoms with Crippen LogP contribution in [0.1, 0.15) is 25.7 Å². The van der Waals surface area contributed by atoms with Crippen LogP contribution in [0.4, 0.5) is 0 Å². The number of likely N-dealkylation sites (tertiary alicyclic amines) is 2. The van der Waals surface area contributed by atoms with E-state index >= 15 is 0 Å². The van der Waals surface area contributed by atoms with Crippen LogP contribution >= 0.6 is 0 Å². The lowest BCUT2D eigenvalue weighted by Crippen LogP contribution is -2.44. The lowest BCUT2D eigenvalue weighted by atomic mass is 10.0. The third-order valence-corrected chi connectivity index (χ3v) is 3.91. The molecule has 5 heteroatoms. The first-order valence-electron chi connectivity index (χ1n) is 7.03. The number of likely N-dealkylation sites (N-methyl/N-ethyl adjacent to an activating group) is 2. The summed E-state index contributed by atoms with van der Waals surface area (Å²) >= 11 is 0. The average molecular weight is 269 g/mol. The number of carbonyl (C=O) groups excluding carboxylic acids is 2. The van der Waals surface area contributed by atoms with E-state index in [2.05, 4.69) is 23.9 Å². The molecule has 1 amide bonds. The fourth-order valence-corrected chi connectivity index (χ4v) is 2.76. The molecule has 2 atom stereocenters. The lowest BCUT2D eigenvalue weighted by Gasteiger charge is -2.25. The van der Waals surface area contributed by atoms with Gasteiger partial charge < -0.3 is 4.90 Å². The molecule has 0 aliphatic carbocycles. The first kappa shape index (κ1) is 16.1. The van der Waals surface area contributed by atoms with Crippen LogP contribution in [0.15, 0.2) is 0 Å². The van der Waals surface area contributed by atoms with Crippen LogP contribution < -0.4 is 0 Å². The molecule has 0 spiro atoms. The Morgan fingerprint density at radius 3 is 1.63 bits per heavy atom. The van der Waals surface area contributed by atoms with Gasteiger partial charge in [-0.3, -0.25) is 19.4 Å². The second-order valence-electron chi connectivity index (χ2n) is 5.75. The van der Waals surface area contributed by atoms with E-state index in [1.807, 2.05) is 0 Å². The van der Waals surface area contributed by atoms with Crippen molar-refractivity contribution in [3.63, 3.8) is 0 Å². The highest BCUT2D eigenvalue weighted by molar-refractivity contribution is 5.89. The SMILES string of the molecule is CN(C)C=O.CN1CCCC1C(=O)C1CCCN1C. The van der Waals surface area contributed by atoms with Crippen molar-refractivity contribution in [2.24, 2.45) is 0 Å². The number of Topliss-reactive ketones (excluding diaryl/α,β-unsaturated/α-hetero) is 1. The Labute approximate surface area is 116 Å². The molecule has 2 heterocycles. The lowest BCUT2D eigenvalue weighted by molar-refractivity contribution is -0.127. The van der Waals surface area contributed by atoms with Crippen LogP contribution in [0.5, 0.6) is 0 Å². The smallest absolute Gasteiger partial charge is 0.209 e. The van der Waals surface area contributed by atoms with E-state index in [1.54, 1.807) is 14.1 Å². The monoisotopic (exact) mass is 269 g/mol. The molecule has 2 rings (SSSR count). The second-order valence-corrected chi connectivity index (χ2v) is 5.75. The van der Waals surface area contributed by atoms with Gasteiger partial charge in [0.05, 0.1) is 12.1 Å². The summed E-state index contributed by atoms with van der Waals surface area (Å²) in [6.45, 7) is 2.18. The Morgan fingerprint density at radius 1 is 1.05 bits per heavy atom. The maximum absolute atomic E-state index is 12.2. The number of rotatable bonds is 3. The molecule has 0 aromatic carbocycles. The highest BCUT2D eigenvalue weighted by atomic mass is 16.1. The normalized spacial score (nSPS) is 27.8. The molecule has 0 bridgehead atoms. The molecule has 0 aromatic rings. The number of amides is 1. The third-order valence-electron chi connectivity index (χ3n) is 3.91. The Kier molecular flexibility index (Phi) is 6.45. The minimum atomic E-state index is 0.209. The summed E-state index contributed by atoms with van der Waals surface area (Å²) in [6.07, 6.45) is 5.26. The molecule has 0 aromatic heterocycles. The molecule has 2 aliphatic rings. The highest BCUT2D eigenvalue weighted by Gasteiger charge is 2.36. The van der Waals surface area contributed by atoms with E-state index in [4.69, 9.17) is 0 Å². The minimum Gasteiger partial charge on any atom is -0.351 e. The van der Waals surface area contributed by atoms with E-state index in [-0.39, 0.29) is 12.1 Å². The fraction of sp³-hybridized carbons (Fsp3) is 0.857. The van der Waals surface area contributed by atoms with Crippen molar-refractivity contribution >= 4 is 12.2 Å². The van der Waals surface area contributed by atoms with Gasteiger partial charge in [-0.25, -0.2) is 0 Å². The van der Waals surface area contributed by atoms with E-state index in [0.717, 1.165) is 32.3 Å². The summed E-state index contributed by atoms with van der Waals surface area (Å²) in [6, 6.07) is 0.418. The predicted molar refractivity (Wildman–Crippen MR) is 76.1 cm³/mol. The minimum absolute atomic E-state index is 0.209. The molecule has 0 N–H and O–H groups in total. The number of ketones is 1. The zero-order chi connectivity index (χ0) is 14.4. The molecule has 0 saturated carbocycles. The molecule has 2 fully saturated rings. The van der Waals surface area contributed by atoms with Crippen molar-refractivity contribution in [3.05, 3.63) is 0 Å². The highest BCUT2D eigenvalue weighted by Crippen LogP contribution is 2.23. The molecule has 0 radical (unpaired) electrons. The Hall–Kier alpha value is -0.940. The maximum atomic E-state index is 12.2. The average Bonchev–Trinajstić information content (AvgIpc) is 2.98. The van der Waals surface area contributed by atoms with Crippen molar-refractivity contribution in [2.45, 2.75) is 37.8 Å². The van der Waals surface area contributed by atoms with Gasteiger partial charge in [0.2, 0.25) is 6.41 Å². The van der Waals surface area contributed by atoms with Gasteiger partial charge in [0, 0.05) is 14.1 Å². The van der Waals surface area contributed by atoms with Gasteiger partial charge in [0.1, 0.15) is 0 Å². The molecular weight excluding hydrogens is 242 g/mol. The van der Waals surface area contributed by atoms with Crippen LogP contribution in [0.2, 0.25) is 0 Å². The summed E-state index contributed by atoms with van der Waals surface area (Å²) in [5.41, 5.74) is 0. The summed E-state index contributed by atoms with van der Waals surface area (Å²) < 4.78 is 0. The van der Waals surface area contributed by atoms with Crippen molar-refractivity contribution in [1.82, 2.24) is 14.7 Å². The Bertz CT molecular complexity index is 285. The number of hydrogen-bond donors (Lipinski definition) is 0. The summed E-state index contributed by atoms with van der Waals surface area (Å²) in [5.74, 6) is 0.463. The van der Waals surface area contributed by atoms with E-state index in [1.165, 1.54) is 17.7 Å². The maximum Gasteiger partial charge on any atom is 0.209 e. The first-order chi connectivity index (χ1) is 8.97. The molecule has 5 nitrogen and oxygen atoms in total. The summed E-state index contributed by atoms with van der Waals surface area (Å²) in [7, 11) is 7.52. The van der Waals surface area contributed by atoms with E-state index in [9.17, 15) is 9.59 Å². The molecule has 2 saturated heterocycles. The molecule has 19 heavy (non-hydrogen) atoms. The fourth-order valence-electron chi connectivity index (χ4n) is 2.76. The van der Waals surface area contributed by atoms with Crippen molar-refractivity contribution in [3.8, 4) is 0 Å². The summed E-state index contributed by atoms with van der Waals surface area (Å²) in [5, 5.41) is 0. The third kappa shape index (κ3) is 4.58. The van der Waals surface area contributed by atoms with Gasteiger partial charge in [0.25, 0.3) is 0 Å². The van der Waals surface area contributed by atoms with Crippen molar-refractivity contribution in [1.29, 1.82) is 0 Å². The van der Waals surface area contributed by atoms with Gasteiger partial charge in [-0.05, 0) is 52.9 Å². The van der Waals surface area contributed by atoms with Crippen LogP contribution in [-0.4, -0.2) is 80.3 Å². The molecular formula is C14H27N3O2. The van der Waals surface area contributed by atoms with Gasteiger partial charge >= 0.3 is 0 Å². The quantitative estimate of drug-likeness (QED) is 0.698. The predicted octanol–water partition coefficient (Wildman–Crippen LogP) is 0.448. The van der Waals surface area contributed by atoms with Crippen LogP contribution in [0.25, 0.3) is 0 Å². The summed E-state index contributed by atoms with van der Waals surface area (Å²) in [4.78, 5) is 27.5. The largest absolute Gasteiger partial charge is 0.351 e. The van der Waals surface area contributed by atoms with Crippen LogP contribution in [0, 0.1) is 0 Å². The molecule has 110 valence electrons. The zero-order valence-corrected chi connectivity index (χ0v) is 12.6. The van der Waals surface area contributed by atoms with Gasteiger partial charge in [0.15, 0.2) is 5.78 Å².